The Morgan fingerprint density at radius 2 is 2.17 bits per heavy atom. The molecular weight excluding hydrogens is 254 g/mol. The number of aromatic amines is 1. The van der Waals surface area contributed by atoms with Crippen molar-refractivity contribution in [3.8, 4) is 0 Å². The average molecular weight is 266 g/mol. The van der Waals surface area contributed by atoms with Crippen LogP contribution in [0.25, 0.3) is 0 Å². The number of nitrogens with zero attached hydrogens (tertiary/aromatic N) is 2. The van der Waals surface area contributed by atoms with Gasteiger partial charge >= 0.3 is 5.69 Å². The Balaban J connectivity index is 2.52. The van der Waals surface area contributed by atoms with Crippen molar-refractivity contribution in [2.45, 2.75) is 19.9 Å². The van der Waals surface area contributed by atoms with E-state index in [0.29, 0.717) is 17.7 Å². The molecular formula is C12H12ClN3O2. The molecule has 2 rings (SSSR count). The summed E-state index contributed by atoms with van der Waals surface area (Å²) in [5.41, 5.74) is 0.173. The van der Waals surface area contributed by atoms with Gasteiger partial charge in [0.25, 0.3) is 5.56 Å². The maximum Gasteiger partial charge on any atom is 0.329 e. The SMILES string of the molecule is CCc1c(Cl)[nH]c(=O)n(Cc2ccccn2)c1=O. The molecule has 0 saturated carbocycles. The van der Waals surface area contributed by atoms with Crippen LogP contribution in [0.2, 0.25) is 5.15 Å². The molecule has 94 valence electrons. The number of nitrogens with one attached hydrogen (secondary N) is 1. The molecule has 2 heterocycles. The van der Waals surface area contributed by atoms with Gasteiger partial charge in [-0.3, -0.25) is 19.3 Å². The predicted octanol–water partition coefficient (Wildman–Crippen LogP) is 1.20. The normalized spacial score (nSPS) is 10.6. The lowest BCUT2D eigenvalue weighted by Gasteiger charge is -2.07. The van der Waals surface area contributed by atoms with Gasteiger partial charge in [-0.1, -0.05) is 24.6 Å². The zero-order chi connectivity index (χ0) is 13.1. The van der Waals surface area contributed by atoms with E-state index in [1.807, 2.05) is 6.92 Å². The highest BCUT2D eigenvalue weighted by Gasteiger charge is 2.11. The van der Waals surface area contributed by atoms with E-state index >= 15 is 0 Å². The standard InChI is InChI=1S/C12H12ClN3O2/c1-2-9-10(13)15-12(18)16(11(9)17)7-8-5-3-4-6-14-8/h3-6H,2,7H2,1H3,(H,15,18). The Morgan fingerprint density at radius 3 is 2.78 bits per heavy atom. The molecule has 0 spiro atoms. The summed E-state index contributed by atoms with van der Waals surface area (Å²) in [6.07, 6.45) is 2.09. The highest BCUT2D eigenvalue weighted by Crippen LogP contribution is 2.06. The summed E-state index contributed by atoms with van der Waals surface area (Å²) in [6, 6.07) is 5.33. The van der Waals surface area contributed by atoms with Gasteiger partial charge < -0.3 is 0 Å². The van der Waals surface area contributed by atoms with Crippen LogP contribution >= 0.6 is 11.6 Å². The number of rotatable bonds is 3. The Labute approximate surface area is 108 Å². The van der Waals surface area contributed by atoms with Crippen LogP contribution in [0.5, 0.6) is 0 Å². The fourth-order valence-corrected chi connectivity index (χ4v) is 1.98. The molecule has 0 unspecified atom stereocenters. The molecule has 1 N–H and O–H groups in total. The third kappa shape index (κ3) is 2.36. The molecule has 0 aliphatic heterocycles. The van der Waals surface area contributed by atoms with Gasteiger partial charge in [-0.2, -0.15) is 0 Å². The second kappa shape index (κ2) is 5.18. The van der Waals surface area contributed by atoms with Crippen molar-refractivity contribution >= 4 is 11.6 Å². The zero-order valence-electron chi connectivity index (χ0n) is 9.81. The summed E-state index contributed by atoms with van der Waals surface area (Å²) >= 11 is 5.83. The van der Waals surface area contributed by atoms with E-state index in [0.717, 1.165) is 4.57 Å². The molecule has 18 heavy (non-hydrogen) atoms. The smallest absolute Gasteiger partial charge is 0.297 e. The second-order valence-corrected chi connectivity index (χ2v) is 4.17. The quantitative estimate of drug-likeness (QED) is 0.848. The molecule has 0 aromatic carbocycles. The monoisotopic (exact) mass is 265 g/mol. The van der Waals surface area contributed by atoms with Gasteiger partial charge in [0, 0.05) is 6.20 Å². The molecule has 0 radical (unpaired) electrons. The number of hydrogen-bond acceptors (Lipinski definition) is 3. The molecule has 0 bridgehead atoms. The third-order valence-corrected chi connectivity index (χ3v) is 2.95. The Bertz CT molecular complexity index is 661. The van der Waals surface area contributed by atoms with Crippen LogP contribution in [0, 0.1) is 0 Å². The number of halogens is 1. The minimum atomic E-state index is -0.521. The molecule has 5 nitrogen and oxygen atoms in total. The predicted molar refractivity (Wildman–Crippen MR) is 69.0 cm³/mol. The number of hydrogen-bond donors (Lipinski definition) is 1. The van der Waals surface area contributed by atoms with Gasteiger partial charge in [0.15, 0.2) is 0 Å². The van der Waals surface area contributed by atoms with Crippen LogP contribution in [0.3, 0.4) is 0 Å². The number of pyridine rings is 1. The van der Waals surface area contributed by atoms with Crippen LogP contribution in [-0.4, -0.2) is 14.5 Å². The van der Waals surface area contributed by atoms with Crippen LogP contribution in [-0.2, 0) is 13.0 Å². The first-order chi connectivity index (χ1) is 8.63. The molecule has 0 fully saturated rings. The second-order valence-electron chi connectivity index (χ2n) is 3.79. The van der Waals surface area contributed by atoms with E-state index < -0.39 is 5.69 Å². The molecule has 0 amide bonds. The molecule has 0 saturated heterocycles. The fourth-order valence-electron chi connectivity index (χ4n) is 1.69. The first-order valence-electron chi connectivity index (χ1n) is 5.55. The topological polar surface area (TPSA) is 67.8 Å². The lowest BCUT2D eigenvalue weighted by atomic mass is 10.2. The number of aromatic nitrogens is 3. The minimum absolute atomic E-state index is 0.116. The highest BCUT2D eigenvalue weighted by molar-refractivity contribution is 6.30. The van der Waals surface area contributed by atoms with E-state index in [1.54, 1.807) is 24.4 Å². The van der Waals surface area contributed by atoms with Gasteiger partial charge in [-0.05, 0) is 18.6 Å². The van der Waals surface area contributed by atoms with Crippen molar-refractivity contribution in [2.24, 2.45) is 0 Å². The van der Waals surface area contributed by atoms with Crippen molar-refractivity contribution in [3.63, 3.8) is 0 Å². The first-order valence-corrected chi connectivity index (χ1v) is 5.92. The van der Waals surface area contributed by atoms with E-state index in [1.165, 1.54) is 0 Å². The summed E-state index contributed by atoms with van der Waals surface area (Å²) in [6.45, 7) is 1.95. The molecule has 0 aliphatic rings. The third-order valence-electron chi connectivity index (χ3n) is 2.63. The Morgan fingerprint density at radius 1 is 1.39 bits per heavy atom. The van der Waals surface area contributed by atoms with Crippen LogP contribution < -0.4 is 11.2 Å². The van der Waals surface area contributed by atoms with E-state index in [-0.39, 0.29) is 17.3 Å². The van der Waals surface area contributed by atoms with Crippen molar-refractivity contribution < 1.29 is 0 Å². The molecule has 2 aromatic heterocycles. The summed E-state index contributed by atoms with van der Waals surface area (Å²) in [4.78, 5) is 30.4. The molecule has 2 aromatic rings. The zero-order valence-corrected chi connectivity index (χ0v) is 10.6. The largest absolute Gasteiger partial charge is 0.329 e. The average Bonchev–Trinajstić information content (AvgIpc) is 2.36. The van der Waals surface area contributed by atoms with Crippen molar-refractivity contribution in [1.82, 2.24) is 14.5 Å². The van der Waals surface area contributed by atoms with Crippen molar-refractivity contribution in [2.75, 3.05) is 0 Å². The van der Waals surface area contributed by atoms with Gasteiger partial charge in [-0.25, -0.2) is 4.79 Å². The summed E-state index contributed by atoms with van der Waals surface area (Å²) < 4.78 is 1.10. The summed E-state index contributed by atoms with van der Waals surface area (Å²) in [5, 5.41) is 0.116. The Kier molecular flexibility index (Phi) is 3.62. The molecule has 0 atom stereocenters. The van der Waals surface area contributed by atoms with Crippen LogP contribution in [0.1, 0.15) is 18.2 Å². The lowest BCUT2D eigenvalue weighted by molar-refractivity contribution is 0.673. The summed E-state index contributed by atoms with van der Waals surface area (Å²) in [7, 11) is 0. The van der Waals surface area contributed by atoms with E-state index in [4.69, 9.17) is 11.6 Å². The fraction of sp³-hybridized carbons (Fsp3) is 0.250. The maximum atomic E-state index is 12.1. The van der Waals surface area contributed by atoms with E-state index in [2.05, 4.69) is 9.97 Å². The van der Waals surface area contributed by atoms with Crippen LogP contribution in [0.4, 0.5) is 0 Å². The molecule has 6 heteroatoms. The molecule has 0 aliphatic carbocycles. The van der Waals surface area contributed by atoms with Crippen molar-refractivity contribution in [1.29, 1.82) is 0 Å². The van der Waals surface area contributed by atoms with E-state index in [9.17, 15) is 9.59 Å². The first kappa shape index (κ1) is 12.6. The summed E-state index contributed by atoms with van der Waals surface area (Å²) in [5.74, 6) is 0. The Hall–Kier alpha value is -1.88. The van der Waals surface area contributed by atoms with Gasteiger partial charge in [0.1, 0.15) is 5.15 Å². The van der Waals surface area contributed by atoms with Crippen LogP contribution in [0.15, 0.2) is 34.0 Å². The van der Waals surface area contributed by atoms with Gasteiger partial charge in [0.2, 0.25) is 0 Å². The van der Waals surface area contributed by atoms with Gasteiger partial charge in [0.05, 0.1) is 17.8 Å². The van der Waals surface area contributed by atoms with Crippen molar-refractivity contribution in [3.05, 3.63) is 61.6 Å². The minimum Gasteiger partial charge on any atom is -0.297 e. The maximum absolute atomic E-state index is 12.1. The van der Waals surface area contributed by atoms with Gasteiger partial charge in [-0.15, -0.1) is 0 Å². The lowest BCUT2D eigenvalue weighted by Crippen LogP contribution is -2.37. The number of H-pyrrole nitrogens is 1. The highest BCUT2D eigenvalue weighted by atomic mass is 35.5.